The Hall–Kier alpha value is -3.86. The van der Waals surface area contributed by atoms with E-state index in [1.165, 1.54) is 7.11 Å². The van der Waals surface area contributed by atoms with Gasteiger partial charge in [-0.1, -0.05) is 71.8 Å². The van der Waals surface area contributed by atoms with E-state index in [2.05, 4.69) is 0 Å². The monoisotopic (exact) mass is 427 g/mol. The van der Waals surface area contributed by atoms with Crippen LogP contribution in [0.15, 0.2) is 78.6 Å². The topological polar surface area (TPSA) is 66.8 Å². The molecule has 0 radical (unpaired) electrons. The molecule has 1 atom stereocenters. The molecule has 5 heteroatoms. The number of aliphatic hydroxyl groups excluding tert-OH is 1. The Morgan fingerprint density at radius 1 is 0.906 bits per heavy atom. The highest BCUT2D eigenvalue weighted by Crippen LogP contribution is 2.43. The summed E-state index contributed by atoms with van der Waals surface area (Å²) in [5, 5.41) is 10.9. The molecule has 0 fully saturated rings. The molecule has 1 aliphatic heterocycles. The van der Waals surface area contributed by atoms with E-state index < -0.39 is 17.9 Å². The normalized spacial score (nSPS) is 15.9. The lowest BCUT2D eigenvalue weighted by Crippen LogP contribution is -2.29. The SMILES string of the molecule is COC(=O)c1ccc(C2C(c3ccc(C)cc3)=C(O)C(=O)N2Cc2ccc(C)cc2)cc1. The fourth-order valence-corrected chi connectivity index (χ4v) is 4.00. The number of esters is 1. The molecule has 0 saturated carbocycles. The van der Waals surface area contributed by atoms with Crippen LogP contribution in [0.5, 0.6) is 0 Å². The van der Waals surface area contributed by atoms with Gasteiger partial charge in [-0.15, -0.1) is 0 Å². The van der Waals surface area contributed by atoms with Crippen molar-refractivity contribution in [3.05, 3.63) is 112 Å². The largest absolute Gasteiger partial charge is 0.503 e. The highest BCUT2D eigenvalue weighted by Gasteiger charge is 2.41. The highest BCUT2D eigenvalue weighted by molar-refractivity contribution is 6.05. The Kier molecular flexibility index (Phi) is 5.82. The molecule has 1 unspecified atom stereocenters. The van der Waals surface area contributed by atoms with Crippen LogP contribution in [-0.2, 0) is 16.1 Å². The van der Waals surface area contributed by atoms with E-state index in [9.17, 15) is 14.7 Å². The number of carbonyl (C=O) groups is 2. The van der Waals surface area contributed by atoms with Crippen molar-refractivity contribution in [2.45, 2.75) is 26.4 Å². The molecule has 3 aromatic carbocycles. The lowest BCUT2D eigenvalue weighted by molar-refractivity contribution is -0.130. The number of hydrogen-bond acceptors (Lipinski definition) is 4. The summed E-state index contributed by atoms with van der Waals surface area (Å²) in [6, 6.07) is 22.2. The number of nitrogens with zero attached hydrogens (tertiary/aromatic N) is 1. The number of amides is 1. The zero-order chi connectivity index (χ0) is 22.8. The molecule has 1 N–H and O–H groups in total. The Morgan fingerprint density at radius 2 is 1.47 bits per heavy atom. The third-order valence-corrected chi connectivity index (χ3v) is 5.79. The van der Waals surface area contributed by atoms with Crippen LogP contribution in [0.1, 0.15) is 44.2 Å². The van der Waals surface area contributed by atoms with Gasteiger partial charge in [-0.05, 0) is 42.7 Å². The van der Waals surface area contributed by atoms with Crippen LogP contribution < -0.4 is 0 Å². The van der Waals surface area contributed by atoms with Gasteiger partial charge in [0.15, 0.2) is 5.76 Å². The number of ether oxygens (including phenoxy) is 1. The van der Waals surface area contributed by atoms with E-state index in [1.807, 2.05) is 62.4 Å². The van der Waals surface area contributed by atoms with E-state index in [-0.39, 0.29) is 5.76 Å². The fourth-order valence-electron chi connectivity index (χ4n) is 4.00. The summed E-state index contributed by atoms with van der Waals surface area (Å²) in [6.45, 7) is 4.35. The zero-order valence-corrected chi connectivity index (χ0v) is 18.3. The van der Waals surface area contributed by atoms with E-state index in [4.69, 9.17) is 4.74 Å². The van der Waals surface area contributed by atoms with Crippen molar-refractivity contribution in [1.82, 2.24) is 4.90 Å². The van der Waals surface area contributed by atoms with E-state index in [0.717, 1.165) is 27.8 Å². The third kappa shape index (κ3) is 4.02. The predicted molar refractivity (Wildman–Crippen MR) is 123 cm³/mol. The van der Waals surface area contributed by atoms with Crippen molar-refractivity contribution in [2.75, 3.05) is 7.11 Å². The van der Waals surface area contributed by atoms with Crippen LogP contribution in [0.4, 0.5) is 0 Å². The first-order chi connectivity index (χ1) is 15.4. The van der Waals surface area contributed by atoms with Crippen molar-refractivity contribution in [3.63, 3.8) is 0 Å². The highest BCUT2D eigenvalue weighted by atomic mass is 16.5. The molecule has 1 aliphatic rings. The molecule has 5 nitrogen and oxygen atoms in total. The average molecular weight is 428 g/mol. The van der Waals surface area contributed by atoms with Crippen LogP contribution in [0.2, 0.25) is 0 Å². The first kappa shape index (κ1) is 21.4. The summed E-state index contributed by atoms with van der Waals surface area (Å²) in [6.07, 6.45) is 0. The molecule has 162 valence electrons. The van der Waals surface area contributed by atoms with Crippen molar-refractivity contribution in [1.29, 1.82) is 0 Å². The van der Waals surface area contributed by atoms with Gasteiger partial charge in [-0.3, -0.25) is 4.79 Å². The maximum atomic E-state index is 13.2. The second kappa shape index (κ2) is 8.71. The van der Waals surface area contributed by atoms with E-state index in [0.29, 0.717) is 17.7 Å². The summed E-state index contributed by atoms with van der Waals surface area (Å²) >= 11 is 0. The smallest absolute Gasteiger partial charge is 0.337 e. The first-order valence-corrected chi connectivity index (χ1v) is 10.4. The number of benzene rings is 3. The minimum atomic E-state index is -0.488. The number of aryl methyl sites for hydroxylation is 2. The Bertz CT molecular complexity index is 1180. The summed E-state index contributed by atoms with van der Waals surface area (Å²) in [5.41, 5.74) is 5.78. The van der Waals surface area contributed by atoms with E-state index >= 15 is 0 Å². The summed E-state index contributed by atoms with van der Waals surface area (Å²) < 4.78 is 4.79. The lowest BCUT2D eigenvalue weighted by Gasteiger charge is -2.27. The third-order valence-electron chi connectivity index (χ3n) is 5.79. The quantitative estimate of drug-likeness (QED) is 0.573. The molecule has 0 aromatic heterocycles. The van der Waals surface area contributed by atoms with Crippen LogP contribution in [0.25, 0.3) is 5.57 Å². The summed E-state index contributed by atoms with van der Waals surface area (Å²) in [4.78, 5) is 26.7. The zero-order valence-electron chi connectivity index (χ0n) is 18.3. The average Bonchev–Trinajstić information content (AvgIpc) is 3.05. The summed E-state index contributed by atoms with van der Waals surface area (Å²) in [7, 11) is 1.34. The predicted octanol–water partition coefficient (Wildman–Crippen LogP) is 5.14. The Balaban J connectivity index is 1.79. The van der Waals surface area contributed by atoms with Crippen molar-refractivity contribution in [3.8, 4) is 0 Å². The van der Waals surface area contributed by atoms with Gasteiger partial charge < -0.3 is 14.7 Å². The van der Waals surface area contributed by atoms with Gasteiger partial charge in [0.2, 0.25) is 0 Å². The number of aliphatic hydroxyl groups is 1. The van der Waals surface area contributed by atoms with Gasteiger partial charge in [0.1, 0.15) is 0 Å². The van der Waals surface area contributed by atoms with Crippen molar-refractivity contribution in [2.24, 2.45) is 0 Å². The lowest BCUT2D eigenvalue weighted by atomic mass is 9.92. The van der Waals surface area contributed by atoms with Gasteiger partial charge >= 0.3 is 5.97 Å². The van der Waals surface area contributed by atoms with Crippen molar-refractivity contribution < 1.29 is 19.4 Å². The van der Waals surface area contributed by atoms with Crippen LogP contribution in [0.3, 0.4) is 0 Å². The number of hydrogen-bond donors (Lipinski definition) is 1. The molecule has 3 aromatic rings. The van der Waals surface area contributed by atoms with Crippen LogP contribution in [0, 0.1) is 13.8 Å². The first-order valence-electron chi connectivity index (χ1n) is 10.4. The van der Waals surface area contributed by atoms with E-state index in [1.54, 1.807) is 29.2 Å². The Labute approximate surface area is 187 Å². The van der Waals surface area contributed by atoms with Gasteiger partial charge in [0.05, 0.1) is 18.7 Å². The number of carbonyl (C=O) groups excluding carboxylic acids is 2. The van der Waals surface area contributed by atoms with Gasteiger partial charge in [-0.2, -0.15) is 0 Å². The maximum Gasteiger partial charge on any atom is 0.337 e. The molecular weight excluding hydrogens is 402 g/mol. The summed E-state index contributed by atoms with van der Waals surface area (Å²) in [5.74, 6) is -1.08. The minimum Gasteiger partial charge on any atom is -0.503 e. The van der Waals surface area contributed by atoms with Gasteiger partial charge in [-0.25, -0.2) is 4.79 Å². The molecule has 32 heavy (non-hydrogen) atoms. The maximum absolute atomic E-state index is 13.2. The second-order valence-electron chi connectivity index (χ2n) is 8.06. The van der Waals surface area contributed by atoms with Gasteiger partial charge in [0.25, 0.3) is 5.91 Å². The van der Waals surface area contributed by atoms with Crippen LogP contribution >= 0.6 is 0 Å². The molecule has 1 heterocycles. The van der Waals surface area contributed by atoms with Crippen molar-refractivity contribution >= 4 is 17.4 Å². The second-order valence-corrected chi connectivity index (χ2v) is 8.06. The molecule has 0 aliphatic carbocycles. The molecule has 0 saturated heterocycles. The molecular formula is C27H25NO4. The molecule has 4 rings (SSSR count). The standard InChI is InChI=1S/C27H25NO4/c1-17-4-8-19(9-5-17)16-28-24(21-12-14-22(15-13-21)27(31)32-3)23(25(29)26(28)30)20-10-6-18(2)7-11-20/h4-15,24,29H,16H2,1-3H3. The van der Waals surface area contributed by atoms with Crippen LogP contribution in [-0.4, -0.2) is 29.0 Å². The molecule has 0 bridgehead atoms. The number of rotatable bonds is 5. The Morgan fingerprint density at radius 3 is 2.03 bits per heavy atom. The molecule has 1 amide bonds. The fraction of sp³-hybridized carbons (Fsp3) is 0.185. The minimum absolute atomic E-state index is 0.247. The number of methoxy groups -OCH3 is 1. The van der Waals surface area contributed by atoms with Gasteiger partial charge in [0, 0.05) is 12.1 Å². The molecule has 0 spiro atoms.